The Kier molecular flexibility index (Phi) is 3.02. The summed E-state index contributed by atoms with van der Waals surface area (Å²) >= 11 is 0. The number of anilines is 2. The van der Waals surface area contributed by atoms with Gasteiger partial charge in [-0.15, -0.1) is 0 Å². The Labute approximate surface area is 148 Å². The molecule has 0 radical (unpaired) electrons. The summed E-state index contributed by atoms with van der Waals surface area (Å²) < 4.78 is 1.19. The monoisotopic (exact) mass is 343 g/mol. The van der Waals surface area contributed by atoms with Crippen LogP contribution < -0.4 is 22.1 Å². The molecule has 0 aliphatic carbocycles. The first-order valence-electron chi connectivity index (χ1n) is 8.33. The highest BCUT2D eigenvalue weighted by atomic mass is 15.3. The van der Waals surface area contributed by atoms with Gasteiger partial charge in [-0.3, -0.25) is 5.41 Å². The first-order chi connectivity index (χ1) is 12.7. The van der Waals surface area contributed by atoms with Crippen LogP contribution >= 0.6 is 0 Å². The highest BCUT2D eigenvalue weighted by Crippen LogP contribution is 2.31. The number of aromatic amines is 1. The molecule has 0 bridgehead atoms. The summed E-state index contributed by atoms with van der Waals surface area (Å²) in [6.45, 7) is 0. The van der Waals surface area contributed by atoms with E-state index in [0.717, 1.165) is 28.8 Å². The largest absolute Gasteiger partial charge is 0.355 e. The molecular formula is C19H17N7. The van der Waals surface area contributed by atoms with Crippen LogP contribution in [0, 0.1) is 5.41 Å². The van der Waals surface area contributed by atoms with Crippen molar-refractivity contribution >= 4 is 33.3 Å². The third kappa shape index (κ3) is 2.21. The molecule has 0 fully saturated rings. The number of nitrogens with zero attached hydrogens (tertiary/aromatic N) is 2. The zero-order chi connectivity index (χ0) is 17.7. The Morgan fingerprint density at radius 1 is 1.08 bits per heavy atom. The quantitative estimate of drug-likeness (QED) is 0.361. The van der Waals surface area contributed by atoms with Gasteiger partial charge in [0.2, 0.25) is 5.62 Å². The first-order valence-corrected chi connectivity index (χ1v) is 8.33. The van der Waals surface area contributed by atoms with Crippen LogP contribution in [-0.4, -0.2) is 14.6 Å². The average Bonchev–Trinajstić information content (AvgIpc) is 3.02. The van der Waals surface area contributed by atoms with E-state index in [2.05, 4.69) is 57.0 Å². The van der Waals surface area contributed by atoms with Crippen molar-refractivity contribution in [3.8, 4) is 0 Å². The van der Waals surface area contributed by atoms with E-state index in [0.29, 0.717) is 5.82 Å². The molecule has 1 aliphatic rings. The van der Waals surface area contributed by atoms with E-state index in [4.69, 9.17) is 11.3 Å². The smallest absolute Gasteiger partial charge is 0.242 e. The number of para-hydroxylation sites is 1. The Morgan fingerprint density at radius 2 is 1.92 bits per heavy atom. The molecule has 0 unspecified atom stereocenters. The van der Waals surface area contributed by atoms with E-state index in [1.54, 1.807) is 6.20 Å². The maximum atomic E-state index is 7.67. The summed E-state index contributed by atoms with van der Waals surface area (Å²) in [7, 11) is 0. The minimum atomic E-state index is -0.00143. The lowest BCUT2D eigenvalue weighted by Crippen LogP contribution is -2.31. The predicted molar refractivity (Wildman–Crippen MR) is 103 cm³/mol. The molecule has 1 aliphatic heterocycles. The minimum absolute atomic E-state index is 0.00143. The van der Waals surface area contributed by atoms with E-state index >= 15 is 0 Å². The van der Waals surface area contributed by atoms with Gasteiger partial charge in [0.25, 0.3) is 0 Å². The summed E-state index contributed by atoms with van der Waals surface area (Å²) in [5.74, 6) is 6.34. The molecule has 3 heterocycles. The normalized spacial score (nSPS) is 13.2. The summed E-state index contributed by atoms with van der Waals surface area (Å²) in [6, 6.07) is 14.7. The average molecular weight is 343 g/mol. The van der Waals surface area contributed by atoms with E-state index < -0.39 is 0 Å². The number of hydrogen-bond donors (Lipinski definition) is 5. The highest BCUT2D eigenvalue weighted by molar-refractivity contribution is 6.09. The Bertz CT molecular complexity index is 1250. The molecule has 7 heteroatoms. The van der Waals surface area contributed by atoms with Crippen LogP contribution in [0.3, 0.4) is 0 Å². The number of nitrogen functional groups attached to an aromatic ring is 1. The van der Waals surface area contributed by atoms with Crippen molar-refractivity contribution in [2.45, 2.75) is 6.42 Å². The number of fused-ring (bicyclic) bond motifs is 4. The zero-order valence-electron chi connectivity index (χ0n) is 13.9. The van der Waals surface area contributed by atoms with Crippen LogP contribution in [0.5, 0.6) is 0 Å². The lowest BCUT2D eigenvalue weighted by Gasteiger charge is -2.20. The number of aromatic nitrogens is 3. The predicted octanol–water partition coefficient (Wildman–Crippen LogP) is 2.63. The van der Waals surface area contributed by atoms with Gasteiger partial charge in [-0.1, -0.05) is 30.3 Å². The molecule has 128 valence electrons. The Hall–Kier alpha value is -3.74. The van der Waals surface area contributed by atoms with E-state index in [1.165, 1.54) is 21.0 Å². The number of allylic oxidation sites excluding steroid dienone is 1. The standard InChI is InChI=1S/C19H17N7/c20-19-25-18-16(10-26(19)21)23-12(9-22-18)8-11-4-3-7-15-17(11)13-5-1-2-6-14(13)24-15/h1-7,9-10,23-24H,8,21H2,(H2,20,22,25). The summed E-state index contributed by atoms with van der Waals surface area (Å²) in [6.07, 6.45) is 4.29. The molecule has 0 atom stereocenters. The van der Waals surface area contributed by atoms with Gasteiger partial charge in [0, 0.05) is 40.1 Å². The van der Waals surface area contributed by atoms with Crippen LogP contribution in [0.1, 0.15) is 5.56 Å². The molecule has 6 N–H and O–H groups in total. The minimum Gasteiger partial charge on any atom is -0.355 e. The summed E-state index contributed by atoms with van der Waals surface area (Å²) in [4.78, 5) is 7.60. The second-order valence-electron chi connectivity index (χ2n) is 6.36. The van der Waals surface area contributed by atoms with Crippen LogP contribution in [0.2, 0.25) is 0 Å². The fraction of sp³-hybridized carbons (Fsp3) is 0.0526. The molecule has 7 nitrogen and oxygen atoms in total. The number of nitrogens with one attached hydrogen (secondary N) is 4. The third-order valence-corrected chi connectivity index (χ3v) is 4.66. The molecular weight excluding hydrogens is 326 g/mol. The van der Waals surface area contributed by atoms with Crippen LogP contribution in [0.4, 0.5) is 11.5 Å². The highest BCUT2D eigenvalue weighted by Gasteiger charge is 2.15. The van der Waals surface area contributed by atoms with E-state index in [-0.39, 0.29) is 5.62 Å². The van der Waals surface area contributed by atoms with Crippen molar-refractivity contribution < 1.29 is 0 Å². The second kappa shape index (κ2) is 5.38. The van der Waals surface area contributed by atoms with Gasteiger partial charge in [0.05, 0.1) is 6.20 Å². The third-order valence-electron chi connectivity index (χ3n) is 4.66. The number of rotatable bonds is 2. The zero-order valence-corrected chi connectivity index (χ0v) is 13.9. The maximum Gasteiger partial charge on any atom is 0.242 e. The maximum absolute atomic E-state index is 7.67. The van der Waals surface area contributed by atoms with Crippen molar-refractivity contribution in [1.82, 2.24) is 14.6 Å². The fourth-order valence-corrected chi connectivity index (χ4v) is 3.48. The van der Waals surface area contributed by atoms with Crippen LogP contribution in [0.15, 0.2) is 60.6 Å². The van der Waals surface area contributed by atoms with Crippen molar-refractivity contribution in [3.05, 3.63) is 71.7 Å². The van der Waals surface area contributed by atoms with Gasteiger partial charge in [-0.05, 0) is 17.7 Å². The first kappa shape index (κ1) is 14.6. The van der Waals surface area contributed by atoms with Crippen molar-refractivity contribution in [1.29, 1.82) is 5.41 Å². The Morgan fingerprint density at radius 3 is 2.85 bits per heavy atom. The SMILES string of the molecule is N=c1nc2c(cn1N)NC(Cc1cccc3[nH]c4ccccc4c13)=CN2. The molecule has 2 aromatic carbocycles. The van der Waals surface area contributed by atoms with Gasteiger partial charge >= 0.3 is 0 Å². The van der Waals surface area contributed by atoms with Gasteiger partial charge in [-0.2, -0.15) is 4.98 Å². The summed E-state index contributed by atoms with van der Waals surface area (Å²) in [5.41, 5.74) is 5.27. The van der Waals surface area contributed by atoms with E-state index in [9.17, 15) is 0 Å². The lowest BCUT2D eigenvalue weighted by atomic mass is 10.0. The lowest BCUT2D eigenvalue weighted by molar-refractivity contribution is 0.814. The van der Waals surface area contributed by atoms with Crippen LogP contribution in [-0.2, 0) is 6.42 Å². The van der Waals surface area contributed by atoms with Crippen LogP contribution in [0.25, 0.3) is 21.8 Å². The molecule has 0 amide bonds. The Balaban J connectivity index is 1.55. The van der Waals surface area contributed by atoms with Crippen molar-refractivity contribution in [2.75, 3.05) is 16.5 Å². The number of nitrogens with two attached hydrogens (primary N) is 1. The molecule has 26 heavy (non-hydrogen) atoms. The number of hydrogen-bond acceptors (Lipinski definition) is 5. The van der Waals surface area contributed by atoms with E-state index in [1.807, 2.05) is 12.3 Å². The van der Waals surface area contributed by atoms with Gasteiger partial charge in [0.1, 0.15) is 5.69 Å². The molecule has 4 aromatic rings. The van der Waals surface area contributed by atoms with Gasteiger partial charge < -0.3 is 21.5 Å². The van der Waals surface area contributed by atoms with Gasteiger partial charge in [-0.25, -0.2) is 4.68 Å². The van der Waals surface area contributed by atoms with Crippen molar-refractivity contribution in [2.24, 2.45) is 0 Å². The molecule has 2 aromatic heterocycles. The molecule has 0 saturated carbocycles. The number of H-pyrrole nitrogens is 1. The molecule has 5 rings (SSSR count). The topological polar surface area (TPSA) is 108 Å². The summed E-state index contributed by atoms with van der Waals surface area (Å²) in [5, 5.41) is 16.6. The molecule has 0 saturated heterocycles. The molecule has 0 spiro atoms. The number of benzene rings is 2. The fourth-order valence-electron chi connectivity index (χ4n) is 3.48. The second-order valence-corrected chi connectivity index (χ2v) is 6.36. The van der Waals surface area contributed by atoms with Gasteiger partial charge in [0.15, 0.2) is 5.82 Å². The van der Waals surface area contributed by atoms with Crippen molar-refractivity contribution in [3.63, 3.8) is 0 Å².